The van der Waals surface area contributed by atoms with Crippen molar-refractivity contribution in [3.05, 3.63) is 28.6 Å². The van der Waals surface area contributed by atoms with Gasteiger partial charge in [0, 0.05) is 5.41 Å². The monoisotopic (exact) mass is 249 g/mol. The number of pyridine rings is 1. The number of nitrogens with zero attached hydrogens (tertiary/aromatic N) is 1. The minimum Gasteiger partial charge on any atom is -0.464 e. The van der Waals surface area contributed by atoms with E-state index < -0.39 is 12.1 Å². The molecule has 0 fully saturated rings. The number of carbonyl (C=O) groups excluding carboxylic acids is 1. The maximum Gasteiger partial charge on any atom is 0.356 e. The van der Waals surface area contributed by atoms with Crippen LogP contribution in [0.4, 0.5) is 0 Å². The molecule has 0 aromatic carbocycles. The van der Waals surface area contributed by atoms with E-state index in [0.717, 1.165) is 29.7 Å². The number of ether oxygens (including phenoxy) is 1. The maximum absolute atomic E-state index is 11.6. The molecule has 0 aliphatic heterocycles. The molecule has 1 N–H and O–H groups in total. The minimum atomic E-state index is -0.598. The molecule has 1 aromatic rings. The maximum atomic E-state index is 11.6. The Labute approximate surface area is 107 Å². The van der Waals surface area contributed by atoms with E-state index in [-0.39, 0.29) is 11.1 Å². The van der Waals surface area contributed by atoms with Crippen LogP contribution >= 0.6 is 0 Å². The van der Waals surface area contributed by atoms with Crippen molar-refractivity contribution in [2.24, 2.45) is 0 Å². The molecule has 4 heteroatoms. The summed E-state index contributed by atoms with van der Waals surface area (Å²) in [6.07, 6.45) is 1.29. The van der Waals surface area contributed by atoms with Crippen LogP contribution in [0.15, 0.2) is 6.07 Å². The van der Waals surface area contributed by atoms with Gasteiger partial charge in [-0.1, -0.05) is 13.8 Å². The quantitative estimate of drug-likeness (QED) is 0.816. The highest BCUT2D eigenvalue weighted by Crippen LogP contribution is 2.40. The molecule has 0 saturated heterocycles. The predicted molar refractivity (Wildman–Crippen MR) is 67.6 cm³/mol. The van der Waals surface area contributed by atoms with Gasteiger partial charge in [-0.25, -0.2) is 9.78 Å². The van der Waals surface area contributed by atoms with E-state index in [1.807, 2.05) is 0 Å². The number of hydrogen-bond donors (Lipinski definition) is 1. The number of fused-ring (bicyclic) bond motifs is 1. The number of aliphatic hydroxyl groups excluding tert-OH is 1. The van der Waals surface area contributed by atoms with Crippen LogP contribution in [0, 0.1) is 0 Å². The SMILES string of the molecule is COC(=O)c1cc(C(C)O)c2c(n1)C(C)(C)CC2. The third-order valence-electron chi connectivity index (χ3n) is 3.64. The molecule has 0 saturated carbocycles. The summed E-state index contributed by atoms with van der Waals surface area (Å²) in [6.45, 7) is 5.93. The topological polar surface area (TPSA) is 59.4 Å². The van der Waals surface area contributed by atoms with Gasteiger partial charge in [0.15, 0.2) is 0 Å². The van der Waals surface area contributed by atoms with E-state index in [1.165, 1.54) is 7.11 Å². The number of aromatic nitrogens is 1. The summed E-state index contributed by atoms with van der Waals surface area (Å²) in [7, 11) is 1.34. The van der Waals surface area contributed by atoms with Crippen molar-refractivity contribution in [1.82, 2.24) is 4.98 Å². The highest BCUT2D eigenvalue weighted by Gasteiger charge is 2.35. The third-order valence-corrected chi connectivity index (χ3v) is 3.64. The molecule has 1 aliphatic carbocycles. The van der Waals surface area contributed by atoms with Crippen molar-refractivity contribution < 1.29 is 14.6 Å². The van der Waals surface area contributed by atoms with Crippen LogP contribution in [0.2, 0.25) is 0 Å². The molecule has 0 amide bonds. The van der Waals surface area contributed by atoms with Crippen molar-refractivity contribution in [1.29, 1.82) is 0 Å². The molecular weight excluding hydrogens is 230 g/mol. The molecule has 1 aromatic heterocycles. The van der Waals surface area contributed by atoms with Crippen molar-refractivity contribution in [3.63, 3.8) is 0 Å². The average Bonchev–Trinajstić information content (AvgIpc) is 2.63. The standard InChI is InChI=1S/C14H19NO3/c1-8(16)10-7-11(13(17)18-4)15-12-9(10)5-6-14(12,2)3/h7-8,16H,5-6H2,1-4H3. The second kappa shape index (κ2) is 4.35. The van der Waals surface area contributed by atoms with Crippen molar-refractivity contribution >= 4 is 5.97 Å². The van der Waals surface area contributed by atoms with Gasteiger partial charge in [0.05, 0.1) is 18.9 Å². The van der Waals surface area contributed by atoms with E-state index >= 15 is 0 Å². The van der Waals surface area contributed by atoms with Crippen LogP contribution in [0.5, 0.6) is 0 Å². The van der Waals surface area contributed by atoms with Crippen LogP contribution in [-0.4, -0.2) is 23.2 Å². The zero-order valence-electron chi connectivity index (χ0n) is 11.3. The second-order valence-electron chi connectivity index (χ2n) is 5.48. The van der Waals surface area contributed by atoms with Crippen LogP contribution in [0.3, 0.4) is 0 Å². The smallest absolute Gasteiger partial charge is 0.356 e. The van der Waals surface area contributed by atoms with Gasteiger partial charge in [-0.3, -0.25) is 0 Å². The number of esters is 1. The fourth-order valence-electron chi connectivity index (χ4n) is 2.55. The lowest BCUT2D eigenvalue weighted by Gasteiger charge is -2.19. The fourth-order valence-corrected chi connectivity index (χ4v) is 2.55. The average molecular weight is 249 g/mol. The zero-order valence-corrected chi connectivity index (χ0v) is 11.3. The normalized spacial score (nSPS) is 18.3. The largest absolute Gasteiger partial charge is 0.464 e. The highest BCUT2D eigenvalue weighted by atomic mass is 16.5. The van der Waals surface area contributed by atoms with Crippen molar-refractivity contribution in [2.75, 3.05) is 7.11 Å². The lowest BCUT2D eigenvalue weighted by Crippen LogP contribution is -2.17. The number of methoxy groups -OCH3 is 1. The molecule has 1 heterocycles. The molecule has 1 aliphatic rings. The van der Waals surface area contributed by atoms with Crippen LogP contribution in [-0.2, 0) is 16.6 Å². The first-order chi connectivity index (χ1) is 8.36. The fraction of sp³-hybridized carbons (Fsp3) is 0.571. The first-order valence-corrected chi connectivity index (χ1v) is 6.17. The Bertz CT molecular complexity index is 492. The number of aliphatic hydroxyl groups is 1. The lowest BCUT2D eigenvalue weighted by molar-refractivity contribution is 0.0593. The Morgan fingerprint density at radius 1 is 1.56 bits per heavy atom. The Kier molecular flexibility index (Phi) is 3.15. The Morgan fingerprint density at radius 2 is 2.22 bits per heavy atom. The summed E-state index contributed by atoms with van der Waals surface area (Å²) >= 11 is 0. The van der Waals surface area contributed by atoms with Crippen LogP contribution in [0.25, 0.3) is 0 Å². The van der Waals surface area contributed by atoms with E-state index in [1.54, 1.807) is 13.0 Å². The summed E-state index contributed by atoms with van der Waals surface area (Å²) in [5.74, 6) is -0.456. The summed E-state index contributed by atoms with van der Waals surface area (Å²) in [5, 5.41) is 9.86. The highest BCUT2D eigenvalue weighted by molar-refractivity contribution is 5.87. The minimum absolute atomic E-state index is 0.0526. The molecule has 1 unspecified atom stereocenters. The van der Waals surface area contributed by atoms with E-state index in [0.29, 0.717) is 0 Å². The molecule has 0 spiro atoms. The summed E-state index contributed by atoms with van der Waals surface area (Å²) in [6, 6.07) is 1.65. The second-order valence-corrected chi connectivity index (χ2v) is 5.48. The van der Waals surface area contributed by atoms with Crippen molar-refractivity contribution in [3.8, 4) is 0 Å². The first-order valence-electron chi connectivity index (χ1n) is 6.17. The van der Waals surface area contributed by atoms with Crippen LogP contribution < -0.4 is 0 Å². The summed E-state index contributed by atoms with van der Waals surface area (Å²) in [4.78, 5) is 16.1. The molecule has 98 valence electrons. The van der Waals surface area contributed by atoms with Gasteiger partial charge >= 0.3 is 5.97 Å². The molecule has 18 heavy (non-hydrogen) atoms. The Balaban J connectivity index is 2.63. The number of carbonyl (C=O) groups is 1. The molecule has 1 atom stereocenters. The Hall–Kier alpha value is -1.42. The van der Waals surface area contributed by atoms with E-state index in [2.05, 4.69) is 18.8 Å². The number of hydrogen-bond acceptors (Lipinski definition) is 4. The third kappa shape index (κ3) is 2.01. The van der Waals surface area contributed by atoms with Gasteiger partial charge in [-0.15, -0.1) is 0 Å². The predicted octanol–water partition coefficient (Wildman–Crippen LogP) is 2.15. The van der Waals surface area contributed by atoms with Gasteiger partial charge < -0.3 is 9.84 Å². The van der Waals surface area contributed by atoms with Gasteiger partial charge in [-0.05, 0) is 37.0 Å². The zero-order chi connectivity index (χ0) is 13.5. The van der Waals surface area contributed by atoms with Gasteiger partial charge in [0.2, 0.25) is 0 Å². The summed E-state index contributed by atoms with van der Waals surface area (Å²) < 4.78 is 4.72. The summed E-state index contributed by atoms with van der Waals surface area (Å²) in [5.41, 5.74) is 3.03. The van der Waals surface area contributed by atoms with Crippen LogP contribution in [0.1, 0.15) is 60.6 Å². The first kappa shape index (κ1) is 13.0. The van der Waals surface area contributed by atoms with Gasteiger partial charge in [0.25, 0.3) is 0 Å². The molecule has 4 nitrogen and oxygen atoms in total. The molecule has 2 rings (SSSR count). The van der Waals surface area contributed by atoms with E-state index in [9.17, 15) is 9.90 Å². The van der Waals surface area contributed by atoms with Gasteiger partial charge in [0.1, 0.15) is 5.69 Å². The number of rotatable bonds is 2. The molecular formula is C14H19NO3. The Morgan fingerprint density at radius 3 is 2.78 bits per heavy atom. The molecule has 0 radical (unpaired) electrons. The van der Waals surface area contributed by atoms with Gasteiger partial charge in [-0.2, -0.15) is 0 Å². The van der Waals surface area contributed by atoms with Crippen molar-refractivity contribution in [2.45, 2.75) is 45.1 Å². The van der Waals surface area contributed by atoms with E-state index in [4.69, 9.17) is 4.74 Å². The lowest BCUT2D eigenvalue weighted by atomic mass is 9.89. The molecule has 0 bridgehead atoms.